The maximum atomic E-state index is 9.86. The largest absolute Gasteiger partial charge is 0.394 e. The van der Waals surface area contributed by atoms with Crippen molar-refractivity contribution in [1.29, 1.82) is 0 Å². The molecule has 20 heavy (non-hydrogen) atoms. The molecule has 0 amide bonds. The van der Waals surface area contributed by atoms with Crippen molar-refractivity contribution in [1.82, 2.24) is 0 Å². The van der Waals surface area contributed by atoms with Gasteiger partial charge in [-0.15, -0.1) is 0 Å². The normalized spacial score (nSPS) is 34.4. The minimum atomic E-state index is -1.49. The fourth-order valence-corrected chi connectivity index (χ4v) is 2.37. The summed E-state index contributed by atoms with van der Waals surface area (Å²) in [6, 6.07) is 0. The predicted octanol–water partition coefficient (Wildman–Crippen LogP) is 0.163. The molecule has 0 radical (unpaired) electrons. The second-order valence-corrected chi connectivity index (χ2v) is 5.33. The van der Waals surface area contributed by atoms with Gasteiger partial charge in [-0.05, 0) is 6.42 Å². The molecule has 0 aliphatic carbocycles. The standard InChI is InChI=1S/C14H28O6/c1-2-3-4-5-6-7-8-19-13-10(9-15)20-14(18)12(17)11(13)16/h10-18H,2-9H2,1H3/t10-,11-,12-,13+,14+/m1/s1. The van der Waals surface area contributed by atoms with Crippen molar-refractivity contribution in [3.05, 3.63) is 0 Å². The van der Waals surface area contributed by atoms with Crippen molar-refractivity contribution in [3.8, 4) is 0 Å². The first-order chi connectivity index (χ1) is 9.61. The van der Waals surface area contributed by atoms with E-state index in [-0.39, 0.29) is 6.61 Å². The first kappa shape index (κ1) is 17.8. The van der Waals surface area contributed by atoms with Gasteiger partial charge < -0.3 is 29.9 Å². The highest BCUT2D eigenvalue weighted by molar-refractivity contribution is 4.89. The maximum absolute atomic E-state index is 9.86. The van der Waals surface area contributed by atoms with Gasteiger partial charge in [-0.2, -0.15) is 0 Å². The van der Waals surface area contributed by atoms with Gasteiger partial charge in [-0.25, -0.2) is 0 Å². The number of hydrogen-bond acceptors (Lipinski definition) is 6. The molecule has 1 heterocycles. The topological polar surface area (TPSA) is 99.4 Å². The Bertz CT molecular complexity index is 248. The van der Waals surface area contributed by atoms with E-state index in [4.69, 9.17) is 9.47 Å². The highest BCUT2D eigenvalue weighted by Gasteiger charge is 2.44. The highest BCUT2D eigenvalue weighted by atomic mass is 16.6. The molecular weight excluding hydrogens is 264 g/mol. The van der Waals surface area contributed by atoms with E-state index >= 15 is 0 Å². The summed E-state index contributed by atoms with van der Waals surface area (Å²) in [6.07, 6.45) is 0.966. The second kappa shape index (κ2) is 9.65. The highest BCUT2D eigenvalue weighted by Crippen LogP contribution is 2.22. The summed E-state index contributed by atoms with van der Waals surface area (Å²) in [7, 11) is 0. The van der Waals surface area contributed by atoms with Crippen molar-refractivity contribution in [2.75, 3.05) is 13.2 Å². The molecule has 5 atom stereocenters. The maximum Gasteiger partial charge on any atom is 0.184 e. The van der Waals surface area contributed by atoms with E-state index in [0.717, 1.165) is 19.3 Å². The summed E-state index contributed by atoms with van der Waals surface area (Å²) >= 11 is 0. The summed E-state index contributed by atoms with van der Waals surface area (Å²) in [5.41, 5.74) is 0. The first-order valence-corrected chi connectivity index (χ1v) is 7.54. The molecule has 0 saturated carbocycles. The van der Waals surface area contributed by atoms with Crippen LogP contribution in [0, 0.1) is 0 Å². The summed E-state index contributed by atoms with van der Waals surface area (Å²) in [5.74, 6) is 0. The van der Waals surface area contributed by atoms with Crippen LogP contribution in [-0.2, 0) is 9.47 Å². The molecule has 0 bridgehead atoms. The lowest BCUT2D eigenvalue weighted by atomic mass is 9.99. The molecule has 0 spiro atoms. The summed E-state index contributed by atoms with van der Waals surface area (Å²) in [6.45, 7) is 2.24. The molecule has 1 rings (SSSR count). The lowest BCUT2D eigenvalue weighted by molar-refractivity contribution is -0.294. The Morgan fingerprint density at radius 1 is 0.950 bits per heavy atom. The van der Waals surface area contributed by atoms with Crippen molar-refractivity contribution in [2.45, 2.75) is 76.2 Å². The van der Waals surface area contributed by atoms with Crippen LogP contribution in [-0.4, -0.2) is 64.3 Å². The zero-order valence-corrected chi connectivity index (χ0v) is 12.1. The molecule has 6 nitrogen and oxygen atoms in total. The van der Waals surface area contributed by atoms with Crippen LogP contribution in [0.3, 0.4) is 0 Å². The smallest absolute Gasteiger partial charge is 0.184 e. The lowest BCUT2D eigenvalue weighted by Gasteiger charge is -2.40. The van der Waals surface area contributed by atoms with E-state index in [1.165, 1.54) is 19.3 Å². The molecule has 1 aliphatic heterocycles. The molecule has 4 N–H and O–H groups in total. The van der Waals surface area contributed by atoms with Crippen molar-refractivity contribution in [2.24, 2.45) is 0 Å². The van der Waals surface area contributed by atoms with Crippen molar-refractivity contribution >= 4 is 0 Å². The number of aliphatic hydroxyl groups excluding tert-OH is 4. The third-order valence-corrected chi connectivity index (χ3v) is 3.65. The van der Waals surface area contributed by atoms with E-state index in [0.29, 0.717) is 6.61 Å². The van der Waals surface area contributed by atoms with Crippen LogP contribution >= 0.6 is 0 Å². The van der Waals surface area contributed by atoms with Gasteiger partial charge in [0.1, 0.15) is 24.4 Å². The van der Waals surface area contributed by atoms with Crippen LogP contribution < -0.4 is 0 Å². The van der Waals surface area contributed by atoms with Crippen LogP contribution in [0.25, 0.3) is 0 Å². The van der Waals surface area contributed by atoms with Gasteiger partial charge in [-0.3, -0.25) is 0 Å². The van der Waals surface area contributed by atoms with Crippen LogP contribution in [0.4, 0.5) is 0 Å². The molecule has 1 aliphatic rings. The Kier molecular flexibility index (Phi) is 8.60. The Labute approximate surface area is 120 Å². The molecule has 0 unspecified atom stereocenters. The quantitative estimate of drug-likeness (QED) is 0.452. The summed E-state index contributed by atoms with van der Waals surface area (Å²) in [4.78, 5) is 0. The van der Waals surface area contributed by atoms with Gasteiger partial charge in [0.15, 0.2) is 6.29 Å². The summed E-state index contributed by atoms with van der Waals surface area (Å²) in [5, 5.41) is 37.9. The second-order valence-electron chi connectivity index (χ2n) is 5.33. The number of aliphatic hydroxyl groups is 4. The molecule has 6 heteroatoms. The van der Waals surface area contributed by atoms with Crippen LogP contribution in [0.1, 0.15) is 45.4 Å². The molecule has 0 aromatic heterocycles. The van der Waals surface area contributed by atoms with Crippen LogP contribution in [0.15, 0.2) is 0 Å². The number of rotatable bonds is 9. The predicted molar refractivity (Wildman–Crippen MR) is 73.1 cm³/mol. The number of ether oxygens (including phenoxy) is 2. The van der Waals surface area contributed by atoms with Gasteiger partial charge in [-0.1, -0.05) is 39.0 Å². The fraction of sp³-hybridized carbons (Fsp3) is 1.00. The number of hydrogen-bond donors (Lipinski definition) is 4. The van der Waals surface area contributed by atoms with E-state index in [1.807, 2.05) is 0 Å². The Balaban J connectivity index is 2.25. The van der Waals surface area contributed by atoms with E-state index in [2.05, 4.69) is 6.92 Å². The third kappa shape index (κ3) is 5.27. The zero-order chi connectivity index (χ0) is 15.0. The molecule has 1 fully saturated rings. The SMILES string of the molecule is CCCCCCCCO[C@@H]1[C@H](O)[C@@H](O)[C@@H](O)O[C@@H]1CO. The molecule has 120 valence electrons. The van der Waals surface area contributed by atoms with Gasteiger partial charge >= 0.3 is 0 Å². The minimum Gasteiger partial charge on any atom is -0.394 e. The lowest BCUT2D eigenvalue weighted by Crippen LogP contribution is -2.59. The van der Waals surface area contributed by atoms with Crippen molar-refractivity contribution < 1.29 is 29.9 Å². The molecule has 1 saturated heterocycles. The molecular formula is C14H28O6. The Hall–Kier alpha value is -0.240. The summed E-state index contributed by atoms with van der Waals surface area (Å²) < 4.78 is 10.5. The molecule has 0 aromatic carbocycles. The van der Waals surface area contributed by atoms with Gasteiger partial charge in [0.2, 0.25) is 0 Å². The third-order valence-electron chi connectivity index (χ3n) is 3.65. The Morgan fingerprint density at radius 2 is 1.60 bits per heavy atom. The average molecular weight is 292 g/mol. The van der Waals surface area contributed by atoms with Crippen LogP contribution in [0.5, 0.6) is 0 Å². The van der Waals surface area contributed by atoms with Crippen LogP contribution in [0.2, 0.25) is 0 Å². The van der Waals surface area contributed by atoms with Crippen molar-refractivity contribution in [3.63, 3.8) is 0 Å². The van der Waals surface area contributed by atoms with Gasteiger partial charge in [0.25, 0.3) is 0 Å². The average Bonchev–Trinajstić information content (AvgIpc) is 2.45. The Morgan fingerprint density at radius 3 is 2.25 bits per heavy atom. The number of unbranched alkanes of at least 4 members (excludes halogenated alkanes) is 5. The van der Waals surface area contributed by atoms with E-state index in [1.54, 1.807) is 0 Å². The fourth-order valence-electron chi connectivity index (χ4n) is 2.37. The van der Waals surface area contributed by atoms with E-state index < -0.39 is 30.7 Å². The monoisotopic (exact) mass is 292 g/mol. The van der Waals surface area contributed by atoms with Gasteiger partial charge in [0, 0.05) is 6.61 Å². The van der Waals surface area contributed by atoms with Gasteiger partial charge in [0.05, 0.1) is 6.61 Å². The van der Waals surface area contributed by atoms with E-state index in [9.17, 15) is 20.4 Å². The minimum absolute atomic E-state index is 0.373. The zero-order valence-electron chi connectivity index (χ0n) is 12.1. The first-order valence-electron chi connectivity index (χ1n) is 7.54. The molecule has 0 aromatic rings.